The van der Waals surface area contributed by atoms with Gasteiger partial charge in [-0.05, 0) is 0 Å². The van der Waals surface area contributed by atoms with Crippen LogP contribution >= 0.6 is 12.4 Å². The van der Waals surface area contributed by atoms with Crippen molar-refractivity contribution in [1.29, 1.82) is 0 Å². The lowest BCUT2D eigenvalue weighted by molar-refractivity contribution is 0.597. The van der Waals surface area contributed by atoms with Gasteiger partial charge in [0.05, 0.1) is 5.56 Å². The molecule has 2 N–H and O–H groups in total. The molecule has 6 heteroatoms. The number of hydrogen-bond donors (Lipinski definition) is 2. The van der Waals surface area contributed by atoms with Gasteiger partial charge in [-0.1, -0.05) is 0 Å². The van der Waals surface area contributed by atoms with Crippen LogP contribution in [0.3, 0.4) is 0 Å². The van der Waals surface area contributed by atoms with E-state index < -0.39 is 0 Å². The minimum atomic E-state index is -0.328. The van der Waals surface area contributed by atoms with Crippen LogP contribution in [0, 0.1) is 0 Å². The number of rotatable bonds is 0. The Morgan fingerprint density at radius 2 is 2.07 bits per heavy atom. The van der Waals surface area contributed by atoms with Crippen LogP contribution in [0.2, 0.25) is 0 Å². The lowest BCUT2D eigenvalue weighted by atomic mass is 10.1. The highest BCUT2D eigenvalue weighted by atomic mass is 35.5. The summed E-state index contributed by atoms with van der Waals surface area (Å²) in [6.45, 7) is 1.37. The van der Waals surface area contributed by atoms with Crippen LogP contribution < -0.4 is 16.6 Å². The molecule has 0 saturated carbocycles. The molecule has 1 aromatic heterocycles. The Labute approximate surface area is 86.6 Å². The molecule has 2 heterocycles. The normalized spacial score (nSPS) is 14.4. The topological polar surface area (TPSA) is 66.9 Å². The molecule has 1 aromatic rings. The van der Waals surface area contributed by atoms with E-state index in [9.17, 15) is 9.59 Å². The van der Waals surface area contributed by atoms with Gasteiger partial charge >= 0.3 is 5.69 Å². The molecule has 14 heavy (non-hydrogen) atoms. The third-order valence-electron chi connectivity index (χ3n) is 2.34. The standard InChI is InChI=1S/C8H11N3O2.ClH/c1-11-7(12)5-4-9-3-2-6(5)10-8(11)13;/h9H,2-4H2,1H3,(H,10,13);1H. The number of nitrogens with zero attached hydrogens (tertiary/aromatic N) is 1. The molecule has 0 fully saturated rings. The summed E-state index contributed by atoms with van der Waals surface area (Å²) in [5.74, 6) is 0. The number of hydrogen-bond acceptors (Lipinski definition) is 3. The largest absolute Gasteiger partial charge is 0.328 e. The molecule has 0 radical (unpaired) electrons. The Kier molecular flexibility index (Phi) is 3.13. The zero-order valence-corrected chi connectivity index (χ0v) is 8.61. The third kappa shape index (κ3) is 1.60. The zero-order valence-electron chi connectivity index (χ0n) is 7.79. The second-order valence-corrected chi connectivity index (χ2v) is 3.18. The van der Waals surface area contributed by atoms with Crippen LogP contribution in [0.15, 0.2) is 9.59 Å². The van der Waals surface area contributed by atoms with Crippen molar-refractivity contribution in [3.63, 3.8) is 0 Å². The highest BCUT2D eigenvalue weighted by Crippen LogP contribution is 2.02. The molecular weight excluding hydrogens is 206 g/mol. The third-order valence-corrected chi connectivity index (χ3v) is 2.34. The highest BCUT2D eigenvalue weighted by molar-refractivity contribution is 5.85. The first-order valence-electron chi connectivity index (χ1n) is 4.22. The van der Waals surface area contributed by atoms with E-state index in [2.05, 4.69) is 10.3 Å². The van der Waals surface area contributed by atoms with E-state index in [-0.39, 0.29) is 23.7 Å². The summed E-state index contributed by atoms with van der Waals surface area (Å²) >= 11 is 0. The first-order valence-corrected chi connectivity index (χ1v) is 4.22. The molecule has 0 spiro atoms. The van der Waals surface area contributed by atoms with E-state index in [4.69, 9.17) is 0 Å². The SMILES string of the molecule is Cl.Cn1c(=O)[nH]c2c(c1=O)CNCC2. The van der Waals surface area contributed by atoms with Gasteiger partial charge in [0.1, 0.15) is 0 Å². The van der Waals surface area contributed by atoms with Crippen molar-refractivity contribution < 1.29 is 0 Å². The van der Waals surface area contributed by atoms with E-state index >= 15 is 0 Å². The van der Waals surface area contributed by atoms with E-state index in [1.165, 1.54) is 7.05 Å². The van der Waals surface area contributed by atoms with Crippen LogP contribution in [0.5, 0.6) is 0 Å². The monoisotopic (exact) mass is 217 g/mol. The number of nitrogens with one attached hydrogen (secondary N) is 2. The van der Waals surface area contributed by atoms with Gasteiger partial charge in [-0.25, -0.2) is 4.79 Å². The van der Waals surface area contributed by atoms with Gasteiger partial charge in [0, 0.05) is 32.3 Å². The molecule has 0 bridgehead atoms. The van der Waals surface area contributed by atoms with Gasteiger partial charge in [-0.15, -0.1) is 12.4 Å². The molecule has 5 nitrogen and oxygen atoms in total. The van der Waals surface area contributed by atoms with Crippen molar-refractivity contribution in [3.8, 4) is 0 Å². The fourth-order valence-electron chi connectivity index (χ4n) is 1.53. The molecule has 0 aromatic carbocycles. The maximum atomic E-state index is 11.5. The van der Waals surface area contributed by atoms with Crippen LogP contribution in [-0.4, -0.2) is 16.1 Å². The Morgan fingerprint density at radius 3 is 2.79 bits per heavy atom. The Morgan fingerprint density at radius 1 is 1.36 bits per heavy atom. The van der Waals surface area contributed by atoms with Crippen molar-refractivity contribution >= 4 is 12.4 Å². The summed E-state index contributed by atoms with van der Waals surface area (Å²) < 4.78 is 1.10. The Hall–Kier alpha value is -1.07. The van der Waals surface area contributed by atoms with Gasteiger partial charge in [-0.3, -0.25) is 9.36 Å². The Balaban J connectivity index is 0.000000980. The van der Waals surface area contributed by atoms with Crippen molar-refractivity contribution in [1.82, 2.24) is 14.9 Å². The molecule has 0 aliphatic carbocycles. The molecule has 0 saturated heterocycles. The molecule has 0 amide bonds. The Bertz CT molecular complexity index is 449. The smallest absolute Gasteiger partial charge is 0.312 e. The fraction of sp³-hybridized carbons (Fsp3) is 0.500. The highest BCUT2D eigenvalue weighted by Gasteiger charge is 2.14. The number of aromatic amines is 1. The van der Waals surface area contributed by atoms with E-state index in [1.54, 1.807) is 0 Å². The second-order valence-electron chi connectivity index (χ2n) is 3.18. The predicted octanol–water partition coefficient (Wildman–Crippen LogP) is -0.859. The molecule has 1 aliphatic heterocycles. The van der Waals surface area contributed by atoms with Gasteiger partial charge in [-0.2, -0.15) is 0 Å². The lowest BCUT2D eigenvalue weighted by Gasteiger charge is -2.15. The molecular formula is C8H12ClN3O2. The van der Waals surface area contributed by atoms with Crippen LogP contribution in [0.25, 0.3) is 0 Å². The van der Waals surface area contributed by atoms with Crippen LogP contribution in [0.1, 0.15) is 11.3 Å². The number of fused-ring (bicyclic) bond motifs is 1. The van der Waals surface area contributed by atoms with Gasteiger partial charge in [0.2, 0.25) is 0 Å². The zero-order chi connectivity index (χ0) is 9.42. The summed E-state index contributed by atoms with van der Waals surface area (Å²) in [7, 11) is 1.48. The van der Waals surface area contributed by atoms with E-state index in [0.717, 1.165) is 23.2 Å². The molecule has 1 aliphatic rings. The fourth-order valence-corrected chi connectivity index (χ4v) is 1.53. The minimum absolute atomic E-state index is 0. The number of aromatic nitrogens is 2. The second kappa shape index (κ2) is 3.98. The summed E-state index contributed by atoms with van der Waals surface area (Å²) in [6, 6.07) is 0. The lowest BCUT2D eigenvalue weighted by Crippen LogP contribution is -2.41. The average molecular weight is 218 g/mol. The average Bonchev–Trinajstić information content (AvgIpc) is 2.15. The van der Waals surface area contributed by atoms with Crippen molar-refractivity contribution in [2.75, 3.05) is 6.54 Å². The van der Waals surface area contributed by atoms with E-state index in [0.29, 0.717) is 12.1 Å². The molecule has 0 unspecified atom stereocenters. The molecule has 2 rings (SSSR count). The van der Waals surface area contributed by atoms with Crippen molar-refractivity contribution in [3.05, 3.63) is 32.1 Å². The van der Waals surface area contributed by atoms with Gasteiger partial charge < -0.3 is 10.3 Å². The van der Waals surface area contributed by atoms with Gasteiger partial charge in [0.25, 0.3) is 5.56 Å². The van der Waals surface area contributed by atoms with E-state index in [1.807, 2.05) is 0 Å². The maximum absolute atomic E-state index is 11.5. The number of H-pyrrole nitrogens is 1. The summed E-state index contributed by atoms with van der Waals surface area (Å²) in [5.41, 5.74) is 0.955. The number of halogens is 1. The molecule has 0 atom stereocenters. The minimum Gasteiger partial charge on any atom is -0.312 e. The first-order chi connectivity index (χ1) is 6.20. The summed E-state index contributed by atoms with van der Waals surface area (Å²) in [4.78, 5) is 25.4. The maximum Gasteiger partial charge on any atom is 0.328 e. The first kappa shape index (κ1) is 11.0. The van der Waals surface area contributed by atoms with Crippen LogP contribution in [0.4, 0.5) is 0 Å². The summed E-state index contributed by atoms with van der Waals surface area (Å²) in [6.07, 6.45) is 0.723. The van der Waals surface area contributed by atoms with Crippen molar-refractivity contribution in [2.45, 2.75) is 13.0 Å². The van der Waals surface area contributed by atoms with Gasteiger partial charge in [0.15, 0.2) is 0 Å². The quantitative estimate of drug-likeness (QED) is 0.595. The molecule has 78 valence electrons. The van der Waals surface area contributed by atoms with Crippen LogP contribution in [-0.2, 0) is 20.0 Å². The van der Waals surface area contributed by atoms with Crippen molar-refractivity contribution in [2.24, 2.45) is 7.05 Å². The summed E-state index contributed by atoms with van der Waals surface area (Å²) in [5, 5.41) is 3.09. The predicted molar refractivity (Wildman–Crippen MR) is 55.0 cm³/mol.